The van der Waals surface area contributed by atoms with Gasteiger partial charge in [-0.25, -0.2) is 0 Å². The standard InChI is InChI=1S/C21H47N3/c1-9-13-15-19(11-3)17-24(21(22(5)6)23(7)8)18-20(12-4)16-14-10-2/h19-21H,9-18H2,1-8H3. The fourth-order valence-corrected chi connectivity index (χ4v) is 3.88. The molecule has 3 nitrogen and oxygen atoms in total. The third-order valence-electron chi connectivity index (χ3n) is 5.32. The van der Waals surface area contributed by atoms with Gasteiger partial charge in [-0.15, -0.1) is 0 Å². The van der Waals surface area contributed by atoms with E-state index in [4.69, 9.17) is 0 Å². The van der Waals surface area contributed by atoms with Crippen LogP contribution < -0.4 is 0 Å². The largest absolute Gasteiger partial charge is 0.282 e. The van der Waals surface area contributed by atoms with Crippen LogP contribution in [0.5, 0.6) is 0 Å². The molecule has 0 bridgehead atoms. The van der Waals surface area contributed by atoms with E-state index in [-0.39, 0.29) is 0 Å². The molecule has 2 atom stereocenters. The van der Waals surface area contributed by atoms with Gasteiger partial charge in [0.2, 0.25) is 0 Å². The fourth-order valence-electron chi connectivity index (χ4n) is 3.88. The lowest BCUT2D eigenvalue weighted by Crippen LogP contribution is -2.55. The van der Waals surface area contributed by atoms with Crippen LogP contribution in [0.2, 0.25) is 0 Å². The number of hydrogen-bond donors (Lipinski definition) is 0. The molecular formula is C21H47N3. The third-order valence-corrected chi connectivity index (χ3v) is 5.32. The van der Waals surface area contributed by atoms with Crippen molar-refractivity contribution in [2.45, 2.75) is 85.4 Å². The van der Waals surface area contributed by atoms with Crippen LogP contribution in [0, 0.1) is 11.8 Å². The van der Waals surface area contributed by atoms with E-state index < -0.39 is 0 Å². The maximum atomic E-state index is 2.76. The highest BCUT2D eigenvalue weighted by molar-refractivity contribution is 4.75. The molecule has 2 unspecified atom stereocenters. The zero-order valence-corrected chi connectivity index (χ0v) is 18.1. The van der Waals surface area contributed by atoms with Crippen LogP contribution >= 0.6 is 0 Å². The van der Waals surface area contributed by atoms with Crippen LogP contribution in [0.3, 0.4) is 0 Å². The molecule has 0 aliphatic heterocycles. The number of hydrogen-bond acceptors (Lipinski definition) is 3. The maximum Gasteiger partial charge on any atom is 0.118 e. The quantitative estimate of drug-likeness (QED) is 0.382. The molecule has 0 N–H and O–H groups in total. The summed E-state index contributed by atoms with van der Waals surface area (Å²) in [6, 6.07) is 0. The molecule has 0 aromatic heterocycles. The molecule has 0 amide bonds. The first-order valence-corrected chi connectivity index (χ1v) is 10.5. The molecule has 0 saturated carbocycles. The Bertz CT molecular complexity index is 252. The Labute approximate surface area is 153 Å². The molecule has 0 aliphatic rings. The van der Waals surface area contributed by atoms with Gasteiger partial charge in [0.15, 0.2) is 0 Å². The molecule has 0 spiro atoms. The van der Waals surface area contributed by atoms with E-state index in [9.17, 15) is 0 Å². The molecule has 146 valence electrons. The predicted octanol–water partition coefficient (Wildman–Crippen LogP) is 5.13. The summed E-state index contributed by atoms with van der Waals surface area (Å²) >= 11 is 0. The van der Waals surface area contributed by atoms with Gasteiger partial charge in [-0.05, 0) is 52.9 Å². The van der Waals surface area contributed by atoms with E-state index >= 15 is 0 Å². The van der Waals surface area contributed by atoms with E-state index in [0.717, 1.165) is 11.8 Å². The Kier molecular flexibility index (Phi) is 14.0. The van der Waals surface area contributed by atoms with Crippen molar-refractivity contribution in [3.8, 4) is 0 Å². The second-order valence-electron chi connectivity index (χ2n) is 8.06. The average molecular weight is 342 g/mol. The number of rotatable bonds is 15. The van der Waals surface area contributed by atoms with Crippen LogP contribution in [0.4, 0.5) is 0 Å². The molecular weight excluding hydrogens is 294 g/mol. The van der Waals surface area contributed by atoms with Crippen LogP contribution in [0.1, 0.15) is 79.1 Å². The van der Waals surface area contributed by atoms with Gasteiger partial charge in [0, 0.05) is 13.1 Å². The highest BCUT2D eigenvalue weighted by Crippen LogP contribution is 2.21. The molecule has 0 radical (unpaired) electrons. The molecule has 0 rings (SSSR count). The van der Waals surface area contributed by atoms with Gasteiger partial charge in [0.05, 0.1) is 0 Å². The summed E-state index contributed by atoms with van der Waals surface area (Å²) < 4.78 is 0. The summed E-state index contributed by atoms with van der Waals surface area (Å²) in [5.74, 6) is 1.66. The minimum atomic E-state index is 0.399. The summed E-state index contributed by atoms with van der Waals surface area (Å²) in [6.45, 7) is 11.8. The molecule has 0 aromatic rings. The Morgan fingerprint density at radius 2 is 1.00 bits per heavy atom. The van der Waals surface area contributed by atoms with E-state index in [1.165, 1.54) is 64.5 Å². The van der Waals surface area contributed by atoms with Crippen molar-refractivity contribution in [1.82, 2.24) is 14.7 Å². The minimum Gasteiger partial charge on any atom is -0.282 e. The third kappa shape index (κ3) is 9.39. The lowest BCUT2D eigenvalue weighted by Gasteiger charge is -2.43. The summed E-state index contributed by atoms with van der Waals surface area (Å²) in [7, 11) is 8.88. The average Bonchev–Trinajstić information content (AvgIpc) is 2.53. The fraction of sp³-hybridized carbons (Fsp3) is 1.00. The summed E-state index contributed by atoms with van der Waals surface area (Å²) in [5, 5.41) is 0. The van der Waals surface area contributed by atoms with Crippen molar-refractivity contribution in [3.63, 3.8) is 0 Å². The summed E-state index contributed by atoms with van der Waals surface area (Å²) in [6.07, 6.45) is 11.1. The summed E-state index contributed by atoms with van der Waals surface area (Å²) in [5.41, 5.74) is 0. The van der Waals surface area contributed by atoms with Gasteiger partial charge >= 0.3 is 0 Å². The normalized spacial score (nSPS) is 15.0. The number of unbranched alkanes of at least 4 members (excludes halogenated alkanes) is 2. The molecule has 3 heteroatoms. The topological polar surface area (TPSA) is 9.72 Å². The van der Waals surface area contributed by atoms with Crippen molar-refractivity contribution in [1.29, 1.82) is 0 Å². The first-order valence-electron chi connectivity index (χ1n) is 10.5. The molecule has 0 heterocycles. The molecule has 0 aromatic carbocycles. The van der Waals surface area contributed by atoms with Gasteiger partial charge < -0.3 is 0 Å². The van der Waals surface area contributed by atoms with Gasteiger partial charge in [-0.3, -0.25) is 14.7 Å². The van der Waals surface area contributed by atoms with Gasteiger partial charge in [0.1, 0.15) is 6.29 Å². The Morgan fingerprint density at radius 1 is 0.625 bits per heavy atom. The highest BCUT2D eigenvalue weighted by Gasteiger charge is 2.26. The molecule has 0 fully saturated rings. The Morgan fingerprint density at radius 3 is 1.25 bits per heavy atom. The van der Waals surface area contributed by atoms with Gasteiger partial charge in [-0.1, -0.05) is 66.2 Å². The summed E-state index contributed by atoms with van der Waals surface area (Å²) in [4.78, 5) is 7.51. The SMILES string of the molecule is CCCCC(CC)CN(CC(CC)CCCC)C(N(C)C)N(C)C. The maximum absolute atomic E-state index is 2.76. The molecule has 24 heavy (non-hydrogen) atoms. The first-order chi connectivity index (χ1) is 11.4. The van der Waals surface area contributed by atoms with Crippen LogP contribution in [0.15, 0.2) is 0 Å². The van der Waals surface area contributed by atoms with Gasteiger partial charge in [0.25, 0.3) is 0 Å². The van der Waals surface area contributed by atoms with Crippen molar-refractivity contribution in [2.24, 2.45) is 11.8 Å². The smallest absolute Gasteiger partial charge is 0.118 e. The molecule has 0 aliphatic carbocycles. The first kappa shape index (κ1) is 23.9. The highest BCUT2D eigenvalue weighted by atomic mass is 15.5. The van der Waals surface area contributed by atoms with E-state index in [0.29, 0.717) is 6.29 Å². The lowest BCUT2D eigenvalue weighted by atomic mass is 9.95. The lowest BCUT2D eigenvalue weighted by molar-refractivity contribution is -0.0407. The van der Waals surface area contributed by atoms with Crippen molar-refractivity contribution < 1.29 is 0 Å². The predicted molar refractivity (Wildman–Crippen MR) is 109 cm³/mol. The van der Waals surface area contributed by atoms with Crippen molar-refractivity contribution >= 4 is 0 Å². The zero-order valence-electron chi connectivity index (χ0n) is 18.1. The van der Waals surface area contributed by atoms with Crippen LogP contribution in [0.25, 0.3) is 0 Å². The van der Waals surface area contributed by atoms with E-state index in [1.807, 2.05) is 0 Å². The second kappa shape index (κ2) is 14.1. The van der Waals surface area contributed by atoms with E-state index in [1.54, 1.807) is 0 Å². The minimum absolute atomic E-state index is 0.399. The van der Waals surface area contributed by atoms with Crippen LogP contribution in [-0.4, -0.2) is 62.3 Å². The Balaban J connectivity index is 5.09. The zero-order chi connectivity index (χ0) is 18.5. The second-order valence-corrected chi connectivity index (χ2v) is 8.06. The van der Waals surface area contributed by atoms with Crippen LogP contribution in [-0.2, 0) is 0 Å². The van der Waals surface area contributed by atoms with Crippen molar-refractivity contribution in [3.05, 3.63) is 0 Å². The monoisotopic (exact) mass is 341 g/mol. The number of nitrogens with zero attached hydrogens (tertiary/aromatic N) is 3. The van der Waals surface area contributed by atoms with Gasteiger partial charge in [-0.2, -0.15) is 0 Å². The Hall–Kier alpha value is -0.120. The molecule has 0 saturated heterocycles. The van der Waals surface area contributed by atoms with E-state index in [2.05, 4.69) is 70.6 Å². The van der Waals surface area contributed by atoms with Crippen molar-refractivity contribution in [2.75, 3.05) is 41.3 Å².